The number of anilines is 1. The molecule has 0 aliphatic carbocycles. The molecular weight excluding hydrogens is 276 g/mol. The molecule has 1 aromatic rings. The molecule has 1 heterocycles. The van der Waals surface area contributed by atoms with Gasteiger partial charge in [0.2, 0.25) is 10.0 Å². The maximum atomic E-state index is 12.3. The Morgan fingerprint density at radius 1 is 1.30 bits per heavy atom. The minimum atomic E-state index is -3.47. The molecule has 1 aliphatic heterocycles. The number of sulfonamides is 1. The number of hydrogen-bond acceptors (Lipinski definition) is 4. The maximum Gasteiger partial charge on any atom is 0.242 e. The number of para-hydroxylation sites is 1. The SMILES string of the molecule is CNc1ccccc1S(=O)(=O)NCCC1CCCCO1. The molecule has 6 heteroatoms. The van der Waals surface area contributed by atoms with Crippen LogP contribution in [0.25, 0.3) is 0 Å². The molecule has 0 bridgehead atoms. The fourth-order valence-electron chi connectivity index (χ4n) is 2.37. The zero-order valence-corrected chi connectivity index (χ0v) is 12.6. The molecule has 0 aromatic heterocycles. The molecule has 2 N–H and O–H groups in total. The third-order valence-electron chi connectivity index (χ3n) is 3.48. The second kappa shape index (κ2) is 7.06. The van der Waals surface area contributed by atoms with Crippen molar-refractivity contribution in [3.05, 3.63) is 24.3 Å². The van der Waals surface area contributed by atoms with Gasteiger partial charge in [0.25, 0.3) is 0 Å². The molecule has 112 valence electrons. The van der Waals surface area contributed by atoms with Gasteiger partial charge in [0, 0.05) is 20.2 Å². The first kappa shape index (κ1) is 15.3. The van der Waals surface area contributed by atoms with Crippen molar-refractivity contribution in [2.75, 3.05) is 25.5 Å². The average Bonchev–Trinajstić information content (AvgIpc) is 2.48. The first-order valence-electron chi connectivity index (χ1n) is 7.01. The van der Waals surface area contributed by atoms with Gasteiger partial charge in [-0.15, -0.1) is 0 Å². The molecule has 5 nitrogen and oxygen atoms in total. The predicted molar refractivity (Wildman–Crippen MR) is 79.4 cm³/mol. The summed E-state index contributed by atoms with van der Waals surface area (Å²) in [5, 5.41) is 2.90. The van der Waals surface area contributed by atoms with Gasteiger partial charge in [0.15, 0.2) is 0 Å². The summed E-state index contributed by atoms with van der Waals surface area (Å²) in [6.07, 6.45) is 4.21. The van der Waals surface area contributed by atoms with E-state index < -0.39 is 10.0 Å². The zero-order chi connectivity index (χ0) is 14.4. The highest BCUT2D eigenvalue weighted by Crippen LogP contribution is 2.20. The topological polar surface area (TPSA) is 67.4 Å². The van der Waals surface area contributed by atoms with Gasteiger partial charge in [0.1, 0.15) is 4.90 Å². The van der Waals surface area contributed by atoms with Crippen LogP contribution in [0.15, 0.2) is 29.2 Å². The predicted octanol–water partition coefficient (Wildman–Crippen LogP) is 1.97. The number of rotatable bonds is 6. The highest BCUT2D eigenvalue weighted by molar-refractivity contribution is 7.89. The highest BCUT2D eigenvalue weighted by Gasteiger charge is 2.19. The van der Waals surface area contributed by atoms with Crippen molar-refractivity contribution in [1.82, 2.24) is 4.72 Å². The first-order chi connectivity index (χ1) is 9.63. The minimum absolute atomic E-state index is 0.186. The van der Waals surface area contributed by atoms with Crippen LogP contribution in [0.5, 0.6) is 0 Å². The van der Waals surface area contributed by atoms with Crippen LogP contribution < -0.4 is 10.0 Å². The van der Waals surface area contributed by atoms with Crippen LogP contribution in [0, 0.1) is 0 Å². The van der Waals surface area contributed by atoms with Gasteiger partial charge in [-0.3, -0.25) is 0 Å². The molecule has 0 radical (unpaired) electrons. The van der Waals surface area contributed by atoms with Crippen molar-refractivity contribution in [3.63, 3.8) is 0 Å². The van der Waals surface area contributed by atoms with Crippen molar-refractivity contribution in [2.45, 2.75) is 36.7 Å². The minimum Gasteiger partial charge on any atom is -0.387 e. The Morgan fingerprint density at radius 3 is 2.80 bits per heavy atom. The average molecular weight is 298 g/mol. The van der Waals surface area contributed by atoms with E-state index in [-0.39, 0.29) is 11.0 Å². The number of hydrogen-bond donors (Lipinski definition) is 2. The van der Waals surface area contributed by atoms with Crippen LogP contribution in [0.3, 0.4) is 0 Å². The summed E-state index contributed by atoms with van der Waals surface area (Å²) < 4.78 is 32.8. The number of nitrogens with one attached hydrogen (secondary N) is 2. The molecule has 1 atom stereocenters. The van der Waals surface area contributed by atoms with Crippen LogP contribution in [0.2, 0.25) is 0 Å². The summed E-state index contributed by atoms with van der Waals surface area (Å²) in [6, 6.07) is 6.88. The molecule has 2 rings (SSSR count). The highest BCUT2D eigenvalue weighted by atomic mass is 32.2. The fourth-order valence-corrected chi connectivity index (χ4v) is 3.63. The molecule has 1 fully saturated rings. The Bertz CT molecular complexity index is 525. The molecule has 1 aromatic carbocycles. The van der Waals surface area contributed by atoms with Crippen LogP contribution in [0.4, 0.5) is 5.69 Å². The van der Waals surface area contributed by atoms with Gasteiger partial charge in [-0.1, -0.05) is 12.1 Å². The monoisotopic (exact) mass is 298 g/mol. The molecule has 0 saturated carbocycles. The zero-order valence-electron chi connectivity index (χ0n) is 11.8. The van der Waals surface area contributed by atoms with Crippen molar-refractivity contribution >= 4 is 15.7 Å². The summed E-state index contributed by atoms with van der Waals surface area (Å²) >= 11 is 0. The summed E-state index contributed by atoms with van der Waals surface area (Å²) in [6.45, 7) is 1.20. The van der Waals surface area contributed by atoms with E-state index in [4.69, 9.17) is 4.74 Å². The van der Waals surface area contributed by atoms with E-state index in [9.17, 15) is 8.42 Å². The lowest BCUT2D eigenvalue weighted by Crippen LogP contribution is -2.29. The third-order valence-corrected chi connectivity index (χ3v) is 5.00. The van der Waals surface area contributed by atoms with E-state index >= 15 is 0 Å². The molecule has 20 heavy (non-hydrogen) atoms. The lowest BCUT2D eigenvalue weighted by atomic mass is 10.1. The van der Waals surface area contributed by atoms with E-state index in [1.54, 1.807) is 31.3 Å². The van der Waals surface area contributed by atoms with Crippen LogP contribution in [-0.2, 0) is 14.8 Å². The van der Waals surface area contributed by atoms with E-state index in [0.717, 1.165) is 25.9 Å². The van der Waals surface area contributed by atoms with E-state index in [0.29, 0.717) is 12.2 Å². The second-order valence-electron chi connectivity index (χ2n) is 4.92. The Kier molecular flexibility index (Phi) is 5.39. The van der Waals surface area contributed by atoms with E-state index in [1.165, 1.54) is 6.42 Å². The lowest BCUT2D eigenvalue weighted by molar-refractivity contribution is 0.0123. The Balaban J connectivity index is 1.93. The standard InChI is InChI=1S/C14H22N2O3S/c1-15-13-7-2-3-8-14(13)20(17,18)16-10-9-12-6-4-5-11-19-12/h2-3,7-8,12,15-16H,4-6,9-11H2,1H3. The molecule has 1 unspecified atom stereocenters. The van der Waals surface area contributed by atoms with Crippen molar-refractivity contribution in [2.24, 2.45) is 0 Å². The quantitative estimate of drug-likeness (QED) is 0.842. The van der Waals surface area contributed by atoms with Crippen LogP contribution in [-0.4, -0.2) is 34.7 Å². The molecule has 1 saturated heterocycles. The maximum absolute atomic E-state index is 12.3. The summed E-state index contributed by atoms with van der Waals surface area (Å²) in [4.78, 5) is 0.284. The molecule has 0 spiro atoms. The van der Waals surface area contributed by atoms with Crippen molar-refractivity contribution < 1.29 is 13.2 Å². The normalized spacial score (nSPS) is 19.8. The van der Waals surface area contributed by atoms with Crippen molar-refractivity contribution in [3.8, 4) is 0 Å². The Labute approximate surface area is 120 Å². The summed E-state index contributed by atoms with van der Waals surface area (Å²) in [5.74, 6) is 0. The fraction of sp³-hybridized carbons (Fsp3) is 0.571. The molecular formula is C14H22N2O3S. The van der Waals surface area contributed by atoms with Gasteiger partial charge in [0.05, 0.1) is 11.8 Å². The summed E-state index contributed by atoms with van der Waals surface area (Å²) in [7, 11) is -1.76. The van der Waals surface area contributed by atoms with Crippen LogP contribution >= 0.6 is 0 Å². The van der Waals surface area contributed by atoms with E-state index in [2.05, 4.69) is 10.0 Å². The van der Waals surface area contributed by atoms with Gasteiger partial charge >= 0.3 is 0 Å². The molecule has 1 aliphatic rings. The second-order valence-corrected chi connectivity index (χ2v) is 6.66. The first-order valence-corrected chi connectivity index (χ1v) is 8.50. The van der Waals surface area contributed by atoms with Gasteiger partial charge in [-0.05, 0) is 37.8 Å². The Morgan fingerprint density at radius 2 is 2.10 bits per heavy atom. The van der Waals surface area contributed by atoms with Gasteiger partial charge in [-0.25, -0.2) is 13.1 Å². The number of benzene rings is 1. The third kappa shape index (κ3) is 3.94. The summed E-state index contributed by atoms with van der Waals surface area (Å²) in [5.41, 5.74) is 0.605. The Hall–Kier alpha value is -1.11. The molecule has 0 amide bonds. The van der Waals surface area contributed by atoms with Gasteiger partial charge < -0.3 is 10.1 Å². The van der Waals surface area contributed by atoms with E-state index in [1.807, 2.05) is 0 Å². The lowest BCUT2D eigenvalue weighted by Gasteiger charge is -2.22. The van der Waals surface area contributed by atoms with Crippen molar-refractivity contribution in [1.29, 1.82) is 0 Å². The van der Waals surface area contributed by atoms with Crippen LogP contribution in [0.1, 0.15) is 25.7 Å². The largest absolute Gasteiger partial charge is 0.387 e. The van der Waals surface area contributed by atoms with Gasteiger partial charge in [-0.2, -0.15) is 0 Å². The smallest absolute Gasteiger partial charge is 0.242 e. The number of ether oxygens (including phenoxy) is 1.